The summed E-state index contributed by atoms with van der Waals surface area (Å²) in [6.07, 6.45) is -0.817. The van der Waals surface area contributed by atoms with Gasteiger partial charge in [0.1, 0.15) is 0 Å². The predicted octanol–water partition coefficient (Wildman–Crippen LogP) is 3.59. The van der Waals surface area contributed by atoms with E-state index in [0.717, 1.165) is 16.7 Å². The Balaban J connectivity index is 1.91. The third-order valence-electron chi connectivity index (χ3n) is 4.99. The number of benzene rings is 2. The summed E-state index contributed by atoms with van der Waals surface area (Å²) in [6, 6.07) is 12.5. The number of benzodiazepines with no additional fused rings is 1. The standard InChI is InChI=1S/C23H26N4O3/c1-5-18(28)13-27-20-15(3)9-7-11-19(20)16(4)24-21(22(27)29)26-23(30)25-17-10-6-8-14(2)12-17/h6-12,21H,5,13H2,1-4H3,(H2,25,26,30). The van der Waals surface area contributed by atoms with Gasteiger partial charge in [0.25, 0.3) is 5.91 Å². The van der Waals surface area contributed by atoms with Gasteiger partial charge in [-0.2, -0.15) is 0 Å². The Morgan fingerprint density at radius 3 is 2.53 bits per heavy atom. The van der Waals surface area contributed by atoms with Crippen molar-refractivity contribution in [3.05, 3.63) is 59.2 Å². The molecule has 1 heterocycles. The molecule has 0 bridgehead atoms. The van der Waals surface area contributed by atoms with Gasteiger partial charge in [-0.05, 0) is 44.0 Å². The number of carbonyl (C=O) groups excluding carboxylic acids is 3. The number of Topliss-reactive ketones (excluding diaryl/α,β-unsaturated/α-hetero) is 1. The van der Waals surface area contributed by atoms with Crippen molar-refractivity contribution in [1.82, 2.24) is 5.32 Å². The summed E-state index contributed by atoms with van der Waals surface area (Å²) >= 11 is 0. The number of rotatable bonds is 5. The monoisotopic (exact) mass is 406 g/mol. The van der Waals surface area contributed by atoms with Crippen molar-refractivity contribution in [2.45, 2.75) is 40.3 Å². The van der Waals surface area contributed by atoms with E-state index in [4.69, 9.17) is 0 Å². The fourth-order valence-corrected chi connectivity index (χ4v) is 3.44. The van der Waals surface area contributed by atoms with E-state index >= 15 is 0 Å². The molecule has 0 radical (unpaired) electrons. The second-order valence-corrected chi connectivity index (χ2v) is 7.37. The fraction of sp³-hybridized carbons (Fsp3) is 0.304. The van der Waals surface area contributed by atoms with E-state index in [0.29, 0.717) is 23.5 Å². The first-order chi connectivity index (χ1) is 14.3. The van der Waals surface area contributed by atoms with Crippen molar-refractivity contribution < 1.29 is 14.4 Å². The maximum atomic E-state index is 13.3. The van der Waals surface area contributed by atoms with Gasteiger partial charge < -0.3 is 15.5 Å². The molecule has 3 rings (SSSR count). The van der Waals surface area contributed by atoms with E-state index in [-0.39, 0.29) is 12.3 Å². The Morgan fingerprint density at radius 2 is 1.83 bits per heavy atom. The van der Waals surface area contributed by atoms with Crippen LogP contribution in [0.25, 0.3) is 0 Å². The number of hydrogen-bond donors (Lipinski definition) is 2. The van der Waals surface area contributed by atoms with Gasteiger partial charge in [0.05, 0.1) is 12.2 Å². The molecule has 30 heavy (non-hydrogen) atoms. The molecular weight excluding hydrogens is 380 g/mol. The first-order valence-corrected chi connectivity index (χ1v) is 9.91. The minimum Gasteiger partial charge on any atom is -0.308 e. The molecule has 0 saturated heterocycles. The molecule has 1 aliphatic heterocycles. The molecule has 0 spiro atoms. The first kappa shape index (κ1) is 21.2. The lowest BCUT2D eigenvalue weighted by atomic mass is 10.0. The predicted molar refractivity (Wildman–Crippen MR) is 118 cm³/mol. The second kappa shape index (κ2) is 8.90. The van der Waals surface area contributed by atoms with Gasteiger partial charge in [-0.25, -0.2) is 4.79 Å². The molecule has 1 unspecified atom stereocenters. The third kappa shape index (κ3) is 4.56. The van der Waals surface area contributed by atoms with E-state index in [1.54, 1.807) is 19.9 Å². The van der Waals surface area contributed by atoms with Gasteiger partial charge in [0.2, 0.25) is 6.17 Å². The quantitative estimate of drug-likeness (QED) is 0.795. The molecule has 2 N–H and O–H groups in total. The van der Waals surface area contributed by atoms with Gasteiger partial charge in [-0.3, -0.25) is 14.6 Å². The SMILES string of the molecule is CCC(=O)CN1C(=O)C(NC(=O)Nc2cccc(C)c2)N=C(C)c2cccc(C)c21. The molecule has 2 aromatic carbocycles. The average molecular weight is 406 g/mol. The highest BCUT2D eigenvalue weighted by molar-refractivity contribution is 6.14. The lowest BCUT2D eigenvalue weighted by molar-refractivity contribution is -0.123. The molecule has 3 amide bonds. The normalized spacial score (nSPS) is 15.7. The highest BCUT2D eigenvalue weighted by atomic mass is 16.2. The van der Waals surface area contributed by atoms with Crippen LogP contribution in [0, 0.1) is 13.8 Å². The molecule has 0 fully saturated rings. The van der Waals surface area contributed by atoms with Gasteiger partial charge in [0, 0.05) is 23.4 Å². The van der Waals surface area contributed by atoms with Crippen LogP contribution in [0.2, 0.25) is 0 Å². The summed E-state index contributed by atoms with van der Waals surface area (Å²) in [6.45, 7) is 7.31. The second-order valence-electron chi connectivity index (χ2n) is 7.37. The van der Waals surface area contributed by atoms with Gasteiger partial charge >= 0.3 is 6.03 Å². The van der Waals surface area contributed by atoms with Crippen LogP contribution in [-0.2, 0) is 9.59 Å². The maximum Gasteiger partial charge on any atom is 0.321 e. The highest BCUT2D eigenvalue weighted by Crippen LogP contribution is 2.29. The number of aliphatic imine (C=N–C) groups is 1. The van der Waals surface area contributed by atoms with Crippen LogP contribution >= 0.6 is 0 Å². The van der Waals surface area contributed by atoms with Crippen molar-refractivity contribution in [2.75, 3.05) is 16.8 Å². The Morgan fingerprint density at radius 1 is 1.10 bits per heavy atom. The molecule has 1 atom stereocenters. The molecule has 0 aliphatic carbocycles. The number of aryl methyl sites for hydroxylation is 2. The molecule has 7 nitrogen and oxygen atoms in total. The number of fused-ring (bicyclic) bond motifs is 1. The molecule has 156 valence electrons. The zero-order valence-corrected chi connectivity index (χ0v) is 17.7. The van der Waals surface area contributed by atoms with Crippen LogP contribution in [0.5, 0.6) is 0 Å². The molecule has 2 aromatic rings. The van der Waals surface area contributed by atoms with Gasteiger partial charge in [-0.15, -0.1) is 0 Å². The number of nitrogens with one attached hydrogen (secondary N) is 2. The van der Waals surface area contributed by atoms with Gasteiger partial charge in [-0.1, -0.05) is 37.3 Å². The minimum absolute atomic E-state index is 0.0618. The van der Waals surface area contributed by atoms with Crippen molar-refractivity contribution in [3.8, 4) is 0 Å². The van der Waals surface area contributed by atoms with E-state index < -0.39 is 18.1 Å². The topological polar surface area (TPSA) is 90.9 Å². The third-order valence-corrected chi connectivity index (χ3v) is 4.99. The van der Waals surface area contributed by atoms with Crippen molar-refractivity contribution in [3.63, 3.8) is 0 Å². The molecular formula is C23H26N4O3. The van der Waals surface area contributed by atoms with Crippen LogP contribution in [0.4, 0.5) is 16.2 Å². The zero-order valence-electron chi connectivity index (χ0n) is 17.7. The summed E-state index contributed by atoms with van der Waals surface area (Å²) in [5, 5.41) is 5.37. The van der Waals surface area contributed by atoms with Crippen molar-refractivity contribution >= 4 is 34.8 Å². The zero-order chi connectivity index (χ0) is 21.8. The molecule has 7 heteroatoms. The van der Waals surface area contributed by atoms with E-state index in [2.05, 4.69) is 15.6 Å². The van der Waals surface area contributed by atoms with E-state index in [9.17, 15) is 14.4 Å². The number of para-hydroxylation sites is 1. The van der Waals surface area contributed by atoms with E-state index in [1.807, 2.05) is 50.2 Å². The lowest BCUT2D eigenvalue weighted by Crippen LogP contribution is -2.50. The Hall–Kier alpha value is -3.48. The number of amides is 3. The number of ketones is 1. The largest absolute Gasteiger partial charge is 0.321 e. The number of urea groups is 1. The summed E-state index contributed by atoms with van der Waals surface area (Å²) in [5.74, 6) is -0.510. The molecule has 0 saturated carbocycles. The lowest BCUT2D eigenvalue weighted by Gasteiger charge is -2.26. The van der Waals surface area contributed by atoms with Gasteiger partial charge in [0.15, 0.2) is 5.78 Å². The summed E-state index contributed by atoms with van der Waals surface area (Å²) in [4.78, 5) is 44.0. The summed E-state index contributed by atoms with van der Waals surface area (Å²) in [5.41, 5.74) is 4.54. The summed E-state index contributed by atoms with van der Waals surface area (Å²) in [7, 11) is 0. The summed E-state index contributed by atoms with van der Waals surface area (Å²) < 4.78 is 0. The van der Waals surface area contributed by atoms with Crippen LogP contribution in [0.3, 0.4) is 0 Å². The van der Waals surface area contributed by atoms with Crippen LogP contribution in [0.1, 0.15) is 37.0 Å². The Bertz CT molecular complexity index is 1030. The number of carbonyl (C=O) groups is 3. The van der Waals surface area contributed by atoms with Crippen molar-refractivity contribution in [1.29, 1.82) is 0 Å². The van der Waals surface area contributed by atoms with E-state index in [1.165, 1.54) is 4.90 Å². The maximum absolute atomic E-state index is 13.3. The van der Waals surface area contributed by atoms with Crippen molar-refractivity contribution in [2.24, 2.45) is 4.99 Å². The number of anilines is 2. The highest BCUT2D eigenvalue weighted by Gasteiger charge is 2.33. The molecule has 0 aromatic heterocycles. The fourth-order valence-electron chi connectivity index (χ4n) is 3.44. The average Bonchev–Trinajstić information content (AvgIpc) is 2.79. The molecule has 1 aliphatic rings. The number of nitrogens with zero attached hydrogens (tertiary/aromatic N) is 2. The Labute approximate surface area is 176 Å². The first-order valence-electron chi connectivity index (χ1n) is 9.91. The van der Waals surface area contributed by atoms with Crippen LogP contribution in [0.15, 0.2) is 47.5 Å². The number of hydrogen-bond acceptors (Lipinski definition) is 4. The Kier molecular flexibility index (Phi) is 6.30. The van der Waals surface area contributed by atoms with Crippen LogP contribution < -0.4 is 15.5 Å². The smallest absolute Gasteiger partial charge is 0.308 e. The van der Waals surface area contributed by atoms with Crippen LogP contribution in [-0.4, -0.2) is 36.1 Å². The minimum atomic E-state index is -1.13.